The van der Waals surface area contributed by atoms with Gasteiger partial charge in [-0.15, -0.1) is 0 Å². The number of allylic oxidation sites excluding steroid dienone is 1. The number of benzene rings is 1. The first-order chi connectivity index (χ1) is 12.1. The molecule has 0 unspecified atom stereocenters. The molecule has 7 heteroatoms. The van der Waals surface area contributed by atoms with Crippen LogP contribution in [-0.2, 0) is 0 Å². The van der Waals surface area contributed by atoms with Crippen molar-refractivity contribution < 1.29 is 4.39 Å². The third kappa shape index (κ3) is 3.48. The van der Waals surface area contributed by atoms with E-state index in [-0.39, 0.29) is 5.82 Å². The monoisotopic (exact) mass is 407 g/mol. The summed E-state index contributed by atoms with van der Waals surface area (Å²) in [5.74, 6) is 0.458. The Balaban J connectivity index is 2.22. The van der Waals surface area contributed by atoms with Crippen LogP contribution in [0.1, 0.15) is 32.8 Å². The molecule has 2 aliphatic heterocycles. The number of nitrogens with one attached hydrogen (secondary N) is 1. The zero-order valence-electron chi connectivity index (χ0n) is 14.8. The predicted octanol–water partition coefficient (Wildman–Crippen LogP) is 3.94. The van der Waals surface area contributed by atoms with Gasteiger partial charge >= 0.3 is 0 Å². The Morgan fingerprint density at radius 2 is 2.12 bits per heavy atom. The fraction of sp³-hybridized carbons (Fsp3) is 0.444. The number of piperazine rings is 1. The van der Waals surface area contributed by atoms with Crippen LogP contribution in [0.3, 0.4) is 0 Å². The fourth-order valence-electron chi connectivity index (χ4n) is 3.06. The summed E-state index contributed by atoms with van der Waals surface area (Å²) >= 11 is 3.30. The molecule has 0 spiro atoms. The largest absolute Gasteiger partial charge is 0.338 e. The molecular formula is C18H23BrFN5. The van der Waals surface area contributed by atoms with Crippen LogP contribution in [0.5, 0.6) is 0 Å². The number of nitrogens with zero attached hydrogens (tertiary/aromatic N) is 4. The molecule has 0 saturated carbocycles. The summed E-state index contributed by atoms with van der Waals surface area (Å²) in [7, 11) is 0. The highest BCUT2D eigenvalue weighted by Gasteiger charge is 2.31. The lowest BCUT2D eigenvalue weighted by molar-refractivity contribution is 0.323. The Kier molecular flexibility index (Phi) is 5.54. The highest BCUT2D eigenvalue weighted by molar-refractivity contribution is 9.10. The first-order valence-electron chi connectivity index (χ1n) is 8.59. The van der Waals surface area contributed by atoms with Crippen LogP contribution >= 0.6 is 15.9 Å². The Morgan fingerprint density at radius 1 is 1.40 bits per heavy atom. The molecule has 3 rings (SSSR count). The molecule has 25 heavy (non-hydrogen) atoms. The van der Waals surface area contributed by atoms with E-state index in [1.165, 1.54) is 11.6 Å². The van der Waals surface area contributed by atoms with E-state index in [9.17, 15) is 4.39 Å². The normalized spacial score (nSPS) is 20.0. The second-order valence-electron chi connectivity index (χ2n) is 6.10. The van der Waals surface area contributed by atoms with Crippen molar-refractivity contribution in [1.82, 2.24) is 15.2 Å². The van der Waals surface area contributed by atoms with Crippen LogP contribution in [0.15, 0.2) is 32.3 Å². The van der Waals surface area contributed by atoms with Gasteiger partial charge in [0.05, 0.1) is 15.9 Å². The maximum Gasteiger partial charge on any atom is 0.227 e. The third-order valence-electron chi connectivity index (χ3n) is 4.48. The number of hydrazone groups is 1. The maximum atomic E-state index is 14.1. The van der Waals surface area contributed by atoms with Crippen molar-refractivity contribution >= 4 is 39.5 Å². The Hall–Kier alpha value is -1.73. The minimum Gasteiger partial charge on any atom is -0.338 e. The highest BCUT2D eigenvalue weighted by atomic mass is 79.9. The molecule has 1 aromatic carbocycles. The van der Waals surface area contributed by atoms with E-state index in [0.717, 1.165) is 49.8 Å². The number of aliphatic imine (C=N–C) groups is 1. The lowest BCUT2D eigenvalue weighted by Gasteiger charge is -2.38. The molecule has 0 aliphatic carbocycles. The summed E-state index contributed by atoms with van der Waals surface area (Å²) in [6.07, 6.45) is 2.65. The summed E-state index contributed by atoms with van der Waals surface area (Å²) in [5.41, 5.74) is 3.73. The minimum absolute atomic E-state index is 0.303. The zero-order chi connectivity index (χ0) is 18.0. The average molecular weight is 408 g/mol. The first-order valence-corrected chi connectivity index (χ1v) is 9.38. The molecular weight excluding hydrogens is 385 g/mol. The van der Waals surface area contributed by atoms with Gasteiger partial charge in [0.1, 0.15) is 5.82 Å². The summed E-state index contributed by atoms with van der Waals surface area (Å²) in [5, 5.41) is 9.84. The molecule has 134 valence electrons. The van der Waals surface area contributed by atoms with Crippen molar-refractivity contribution in [2.75, 3.05) is 26.2 Å². The van der Waals surface area contributed by atoms with Crippen molar-refractivity contribution in [2.24, 2.45) is 10.1 Å². The van der Waals surface area contributed by atoms with E-state index in [1.54, 1.807) is 12.3 Å². The van der Waals surface area contributed by atoms with Crippen molar-refractivity contribution in [3.63, 3.8) is 0 Å². The molecule has 0 amide bonds. The number of fused-ring (bicyclic) bond motifs is 1. The molecule has 1 saturated heterocycles. The van der Waals surface area contributed by atoms with Crippen molar-refractivity contribution in [3.05, 3.63) is 33.6 Å². The Labute approximate surface area is 156 Å². The van der Waals surface area contributed by atoms with E-state index >= 15 is 0 Å². The number of hydrogen-bond donors (Lipinski definition) is 1. The Bertz CT molecular complexity index is 750. The SMILES string of the molecule is CC=NN1C(N2CCNCC2)=Nc2cc(F)c(Br)cc2C1=C(C)CC. The first kappa shape index (κ1) is 18.1. The molecule has 5 nitrogen and oxygen atoms in total. The quantitative estimate of drug-likeness (QED) is 0.754. The van der Waals surface area contributed by atoms with Gasteiger partial charge in [-0.05, 0) is 47.8 Å². The number of rotatable bonds is 2. The van der Waals surface area contributed by atoms with E-state index in [0.29, 0.717) is 10.2 Å². The molecule has 1 aromatic rings. The smallest absolute Gasteiger partial charge is 0.227 e. The van der Waals surface area contributed by atoms with E-state index in [1.807, 2.05) is 11.9 Å². The van der Waals surface area contributed by atoms with Crippen molar-refractivity contribution in [3.8, 4) is 0 Å². The number of hydrogen-bond acceptors (Lipinski definition) is 5. The number of guanidine groups is 1. The van der Waals surface area contributed by atoms with Gasteiger partial charge in [0, 0.05) is 44.0 Å². The lowest BCUT2D eigenvalue weighted by Crippen LogP contribution is -2.51. The van der Waals surface area contributed by atoms with Gasteiger partial charge < -0.3 is 10.2 Å². The molecule has 1 fully saturated rings. The van der Waals surface area contributed by atoms with E-state index < -0.39 is 0 Å². The van der Waals surface area contributed by atoms with Crippen LogP contribution in [0.2, 0.25) is 0 Å². The van der Waals surface area contributed by atoms with Crippen molar-refractivity contribution in [2.45, 2.75) is 27.2 Å². The average Bonchev–Trinajstić information content (AvgIpc) is 2.63. The molecule has 0 atom stereocenters. The Morgan fingerprint density at radius 3 is 2.76 bits per heavy atom. The van der Waals surface area contributed by atoms with Gasteiger partial charge in [0.2, 0.25) is 5.96 Å². The standard InChI is InChI=1S/C18H23BrFN5/c1-4-12(3)17-13-10-14(19)15(20)11-16(13)23-18(25(17)22-5-2)24-8-6-21-7-9-24/h5,10-11,21H,4,6-9H2,1-3H3. The summed E-state index contributed by atoms with van der Waals surface area (Å²) in [6.45, 7) is 9.60. The maximum absolute atomic E-state index is 14.1. The molecule has 2 heterocycles. The zero-order valence-corrected chi connectivity index (χ0v) is 16.4. The summed E-state index contributed by atoms with van der Waals surface area (Å²) in [6, 6.07) is 3.30. The van der Waals surface area contributed by atoms with Gasteiger partial charge in [0.25, 0.3) is 0 Å². The van der Waals surface area contributed by atoms with Gasteiger partial charge in [0.15, 0.2) is 0 Å². The van der Waals surface area contributed by atoms with Crippen LogP contribution in [-0.4, -0.2) is 48.3 Å². The van der Waals surface area contributed by atoms with Gasteiger partial charge in [-0.25, -0.2) is 14.4 Å². The van der Waals surface area contributed by atoms with Crippen LogP contribution in [0, 0.1) is 5.82 Å². The van der Waals surface area contributed by atoms with Crippen LogP contribution in [0.25, 0.3) is 5.70 Å². The highest BCUT2D eigenvalue weighted by Crippen LogP contribution is 2.40. The minimum atomic E-state index is -0.303. The molecule has 0 radical (unpaired) electrons. The van der Waals surface area contributed by atoms with Gasteiger partial charge in [-0.2, -0.15) is 5.10 Å². The molecule has 2 aliphatic rings. The molecule has 0 aromatic heterocycles. The van der Waals surface area contributed by atoms with Crippen molar-refractivity contribution in [1.29, 1.82) is 0 Å². The van der Waals surface area contributed by atoms with Crippen LogP contribution in [0.4, 0.5) is 10.1 Å². The molecule has 1 N–H and O–H groups in total. The van der Waals surface area contributed by atoms with Gasteiger partial charge in [-0.3, -0.25) is 0 Å². The summed E-state index contributed by atoms with van der Waals surface area (Å²) < 4.78 is 14.6. The van der Waals surface area contributed by atoms with E-state index in [2.05, 4.69) is 45.1 Å². The second kappa shape index (κ2) is 7.66. The predicted molar refractivity (Wildman–Crippen MR) is 105 cm³/mol. The summed E-state index contributed by atoms with van der Waals surface area (Å²) in [4.78, 5) is 6.97. The van der Waals surface area contributed by atoms with Crippen LogP contribution < -0.4 is 5.32 Å². The molecule has 0 bridgehead atoms. The topological polar surface area (TPSA) is 43.2 Å². The van der Waals surface area contributed by atoms with Gasteiger partial charge in [-0.1, -0.05) is 6.92 Å². The second-order valence-corrected chi connectivity index (χ2v) is 6.95. The number of halogens is 2. The lowest BCUT2D eigenvalue weighted by atomic mass is 10.0. The third-order valence-corrected chi connectivity index (χ3v) is 5.09. The van der Waals surface area contributed by atoms with E-state index in [4.69, 9.17) is 4.99 Å². The fourth-order valence-corrected chi connectivity index (χ4v) is 3.40.